The van der Waals surface area contributed by atoms with Gasteiger partial charge in [-0.15, -0.1) is 0 Å². The van der Waals surface area contributed by atoms with Crippen LogP contribution in [0.1, 0.15) is 32.3 Å². The summed E-state index contributed by atoms with van der Waals surface area (Å²) in [5, 5.41) is 0. The zero-order valence-electron chi connectivity index (χ0n) is 16.0. The van der Waals surface area contributed by atoms with Gasteiger partial charge in [0, 0.05) is 0 Å². The number of amides is 1. The quantitative estimate of drug-likeness (QED) is 0.317. The normalized spacial score (nSPS) is 15.4. The SMILES string of the molecule is CCCCOc1ccc(/C=C2\SC(=S)N(c3ccccc3)C2=O)cc1OCC. The van der Waals surface area contributed by atoms with E-state index in [4.69, 9.17) is 21.7 Å². The molecule has 1 saturated heterocycles. The fourth-order valence-corrected chi connectivity index (χ4v) is 4.05. The average Bonchev–Trinajstić information content (AvgIpc) is 2.97. The molecule has 0 N–H and O–H groups in total. The summed E-state index contributed by atoms with van der Waals surface area (Å²) in [6, 6.07) is 15.2. The van der Waals surface area contributed by atoms with E-state index in [0.29, 0.717) is 28.2 Å². The van der Waals surface area contributed by atoms with Crippen LogP contribution < -0.4 is 14.4 Å². The van der Waals surface area contributed by atoms with Crippen LogP contribution in [0.5, 0.6) is 11.5 Å². The molecule has 1 aliphatic rings. The Kier molecular flexibility index (Phi) is 7.12. The third-order valence-electron chi connectivity index (χ3n) is 4.13. The molecule has 1 amide bonds. The van der Waals surface area contributed by atoms with E-state index in [-0.39, 0.29) is 5.91 Å². The van der Waals surface area contributed by atoms with Gasteiger partial charge in [-0.2, -0.15) is 0 Å². The fourth-order valence-electron chi connectivity index (χ4n) is 2.75. The highest BCUT2D eigenvalue weighted by atomic mass is 32.2. The van der Waals surface area contributed by atoms with Crippen molar-refractivity contribution in [2.24, 2.45) is 0 Å². The molecule has 3 rings (SSSR count). The Morgan fingerprint density at radius 1 is 1.07 bits per heavy atom. The van der Waals surface area contributed by atoms with E-state index in [1.807, 2.05) is 61.5 Å². The number of thioether (sulfide) groups is 1. The van der Waals surface area contributed by atoms with Gasteiger partial charge in [0.05, 0.1) is 23.8 Å². The van der Waals surface area contributed by atoms with E-state index >= 15 is 0 Å². The van der Waals surface area contributed by atoms with E-state index in [9.17, 15) is 4.79 Å². The van der Waals surface area contributed by atoms with Gasteiger partial charge in [0.2, 0.25) is 0 Å². The number of rotatable bonds is 8. The highest BCUT2D eigenvalue weighted by molar-refractivity contribution is 8.27. The van der Waals surface area contributed by atoms with Crippen LogP contribution in [0.25, 0.3) is 6.08 Å². The van der Waals surface area contributed by atoms with Crippen molar-refractivity contribution in [1.82, 2.24) is 0 Å². The molecule has 0 radical (unpaired) electrons. The molecule has 0 aliphatic carbocycles. The summed E-state index contributed by atoms with van der Waals surface area (Å²) >= 11 is 6.73. The molecule has 0 spiro atoms. The number of para-hydroxylation sites is 1. The van der Waals surface area contributed by atoms with E-state index in [0.717, 1.165) is 29.8 Å². The molecule has 6 heteroatoms. The van der Waals surface area contributed by atoms with Crippen molar-refractivity contribution in [3.63, 3.8) is 0 Å². The van der Waals surface area contributed by atoms with Gasteiger partial charge in [0.1, 0.15) is 0 Å². The van der Waals surface area contributed by atoms with E-state index in [1.54, 1.807) is 4.90 Å². The Labute approximate surface area is 175 Å². The van der Waals surface area contributed by atoms with Crippen molar-refractivity contribution in [3.05, 3.63) is 59.0 Å². The number of anilines is 1. The standard InChI is InChI=1S/C22H23NO3S2/c1-3-5-13-26-18-12-11-16(14-19(18)25-4-2)15-20-21(24)23(22(27)28-20)17-9-7-6-8-10-17/h6-12,14-15H,3-5,13H2,1-2H3/b20-15-. The lowest BCUT2D eigenvalue weighted by Crippen LogP contribution is -2.27. The van der Waals surface area contributed by atoms with Crippen molar-refractivity contribution in [3.8, 4) is 11.5 Å². The van der Waals surface area contributed by atoms with Crippen LogP contribution in [-0.2, 0) is 4.79 Å². The summed E-state index contributed by atoms with van der Waals surface area (Å²) in [5.41, 5.74) is 1.66. The summed E-state index contributed by atoms with van der Waals surface area (Å²) < 4.78 is 12.1. The average molecular weight is 414 g/mol. The summed E-state index contributed by atoms with van der Waals surface area (Å²) in [7, 11) is 0. The van der Waals surface area contributed by atoms with Gasteiger partial charge in [-0.05, 0) is 49.2 Å². The van der Waals surface area contributed by atoms with Crippen LogP contribution in [0.15, 0.2) is 53.4 Å². The van der Waals surface area contributed by atoms with Gasteiger partial charge >= 0.3 is 0 Å². The smallest absolute Gasteiger partial charge is 0.270 e. The van der Waals surface area contributed by atoms with Crippen molar-refractivity contribution in [1.29, 1.82) is 0 Å². The third-order valence-corrected chi connectivity index (χ3v) is 5.43. The van der Waals surface area contributed by atoms with Crippen LogP contribution in [-0.4, -0.2) is 23.4 Å². The Hall–Kier alpha value is -2.31. The molecule has 2 aromatic rings. The molecule has 0 atom stereocenters. The number of hydrogen-bond acceptors (Lipinski definition) is 5. The zero-order chi connectivity index (χ0) is 19.9. The molecule has 1 heterocycles. The van der Waals surface area contributed by atoms with Crippen LogP contribution in [0.4, 0.5) is 5.69 Å². The Morgan fingerprint density at radius 2 is 1.86 bits per heavy atom. The van der Waals surface area contributed by atoms with Crippen LogP contribution in [0.2, 0.25) is 0 Å². The molecule has 28 heavy (non-hydrogen) atoms. The van der Waals surface area contributed by atoms with Gasteiger partial charge in [0.25, 0.3) is 5.91 Å². The maximum Gasteiger partial charge on any atom is 0.270 e. The van der Waals surface area contributed by atoms with Gasteiger partial charge < -0.3 is 9.47 Å². The summed E-state index contributed by atoms with van der Waals surface area (Å²) in [4.78, 5) is 15.0. The van der Waals surface area contributed by atoms with Gasteiger partial charge in [-0.25, -0.2) is 0 Å². The second-order valence-electron chi connectivity index (χ2n) is 6.19. The van der Waals surface area contributed by atoms with Crippen molar-refractivity contribution < 1.29 is 14.3 Å². The molecule has 146 valence electrons. The number of ether oxygens (including phenoxy) is 2. The molecule has 1 fully saturated rings. The molecule has 0 unspecified atom stereocenters. The largest absolute Gasteiger partial charge is 0.490 e. The van der Waals surface area contributed by atoms with Crippen molar-refractivity contribution >= 4 is 46.0 Å². The number of unbranched alkanes of at least 4 members (excludes halogenated alkanes) is 1. The number of thiocarbonyl (C=S) groups is 1. The van der Waals surface area contributed by atoms with E-state index in [2.05, 4.69) is 6.92 Å². The van der Waals surface area contributed by atoms with Crippen LogP contribution in [0.3, 0.4) is 0 Å². The lowest BCUT2D eigenvalue weighted by molar-refractivity contribution is -0.113. The minimum absolute atomic E-state index is 0.109. The first-order chi connectivity index (χ1) is 13.6. The molecular formula is C22H23NO3S2. The molecule has 0 saturated carbocycles. The highest BCUT2D eigenvalue weighted by Crippen LogP contribution is 2.37. The Morgan fingerprint density at radius 3 is 2.57 bits per heavy atom. The minimum Gasteiger partial charge on any atom is -0.490 e. The molecule has 0 bridgehead atoms. The fraction of sp³-hybridized carbons (Fsp3) is 0.273. The first-order valence-electron chi connectivity index (χ1n) is 9.36. The Bertz CT molecular complexity index is 881. The van der Waals surface area contributed by atoms with E-state index in [1.165, 1.54) is 11.8 Å². The van der Waals surface area contributed by atoms with Crippen LogP contribution >= 0.6 is 24.0 Å². The first-order valence-corrected chi connectivity index (χ1v) is 10.6. The predicted molar refractivity (Wildman–Crippen MR) is 120 cm³/mol. The van der Waals surface area contributed by atoms with Crippen molar-refractivity contribution in [2.75, 3.05) is 18.1 Å². The number of hydrogen-bond donors (Lipinski definition) is 0. The highest BCUT2D eigenvalue weighted by Gasteiger charge is 2.33. The molecule has 2 aromatic carbocycles. The predicted octanol–water partition coefficient (Wildman–Crippen LogP) is 5.67. The van der Waals surface area contributed by atoms with E-state index < -0.39 is 0 Å². The number of benzene rings is 2. The zero-order valence-corrected chi connectivity index (χ0v) is 17.6. The summed E-state index contributed by atoms with van der Waals surface area (Å²) in [6.45, 7) is 5.27. The first kappa shape index (κ1) is 20.4. The molecule has 0 aromatic heterocycles. The second-order valence-corrected chi connectivity index (χ2v) is 7.87. The molecule has 1 aliphatic heterocycles. The van der Waals surface area contributed by atoms with Gasteiger partial charge in [-0.1, -0.05) is 61.6 Å². The topological polar surface area (TPSA) is 38.8 Å². The number of nitrogens with zero attached hydrogens (tertiary/aromatic N) is 1. The third kappa shape index (κ3) is 4.75. The lowest BCUT2D eigenvalue weighted by atomic mass is 10.1. The summed E-state index contributed by atoms with van der Waals surface area (Å²) in [6.07, 6.45) is 3.92. The van der Waals surface area contributed by atoms with Gasteiger partial charge in [-0.3, -0.25) is 9.69 Å². The maximum absolute atomic E-state index is 12.9. The minimum atomic E-state index is -0.109. The second kappa shape index (κ2) is 9.75. The lowest BCUT2D eigenvalue weighted by Gasteiger charge is -2.14. The van der Waals surface area contributed by atoms with Gasteiger partial charge in [0.15, 0.2) is 15.8 Å². The van der Waals surface area contributed by atoms with Crippen LogP contribution in [0, 0.1) is 0 Å². The maximum atomic E-state index is 12.9. The molecule has 4 nitrogen and oxygen atoms in total. The number of carbonyl (C=O) groups excluding carboxylic acids is 1. The monoisotopic (exact) mass is 413 g/mol. The van der Waals surface area contributed by atoms with Crippen molar-refractivity contribution in [2.45, 2.75) is 26.7 Å². The number of carbonyl (C=O) groups is 1. The molecular weight excluding hydrogens is 390 g/mol. The summed E-state index contributed by atoms with van der Waals surface area (Å²) in [5.74, 6) is 1.30. The Balaban J connectivity index is 1.83.